The van der Waals surface area contributed by atoms with Gasteiger partial charge in [0.15, 0.2) is 10.8 Å². The van der Waals surface area contributed by atoms with Crippen LogP contribution in [0.2, 0.25) is 0 Å². The second-order valence-corrected chi connectivity index (χ2v) is 5.19. The maximum absolute atomic E-state index is 11.1. The van der Waals surface area contributed by atoms with E-state index in [9.17, 15) is 4.79 Å². The zero-order valence-corrected chi connectivity index (χ0v) is 12.0. The van der Waals surface area contributed by atoms with Gasteiger partial charge in [-0.3, -0.25) is 5.10 Å². The van der Waals surface area contributed by atoms with Crippen molar-refractivity contribution in [2.24, 2.45) is 0 Å². The lowest BCUT2D eigenvalue weighted by Gasteiger charge is -2.29. The summed E-state index contributed by atoms with van der Waals surface area (Å²) in [6, 6.07) is 9.71. The number of aromatic amines is 1. The number of rotatable bonds is 2. The number of aromatic carboxylic acids is 1. The Morgan fingerprint density at radius 2 is 2.14 bits per heavy atom. The number of carboxylic acid groups (broad SMARTS) is 1. The smallest absolute Gasteiger partial charge is 0.356 e. The van der Waals surface area contributed by atoms with Gasteiger partial charge in [0.1, 0.15) is 0 Å². The van der Waals surface area contributed by atoms with Gasteiger partial charge < -0.3 is 15.3 Å². The van der Waals surface area contributed by atoms with Crippen molar-refractivity contribution in [1.29, 1.82) is 0 Å². The predicted molar refractivity (Wildman–Crippen MR) is 82.3 cm³/mol. The molecule has 0 saturated heterocycles. The normalized spacial score (nSPS) is 13.6. The Kier molecular flexibility index (Phi) is 3.57. The molecule has 2 aromatic rings. The molecule has 0 fully saturated rings. The average Bonchev–Trinajstić information content (AvgIpc) is 2.91. The molecule has 0 unspecified atom stereocenters. The van der Waals surface area contributed by atoms with Crippen LogP contribution in [-0.2, 0) is 13.0 Å². The number of thiocarbonyl (C=S) groups is 1. The van der Waals surface area contributed by atoms with Gasteiger partial charge in [0.05, 0.1) is 12.2 Å². The summed E-state index contributed by atoms with van der Waals surface area (Å²) in [6.07, 6.45) is 0.615. The summed E-state index contributed by atoms with van der Waals surface area (Å²) >= 11 is 5.41. The molecular formula is C14H14N4O2S. The lowest BCUT2D eigenvalue weighted by Crippen LogP contribution is -2.38. The lowest BCUT2D eigenvalue weighted by atomic mass is 10.0. The second-order valence-electron chi connectivity index (χ2n) is 4.80. The molecule has 3 N–H and O–H groups in total. The van der Waals surface area contributed by atoms with Gasteiger partial charge in [0.25, 0.3) is 0 Å². The molecule has 2 heterocycles. The number of hydrogen-bond donors (Lipinski definition) is 3. The summed E-state index contributed by atoms with van der Waals surface area (Å²) in [5, 5.41) is 19.5. The van der Waals surface area contributed by atoms with Gasteiger partial charge in [0.2, 0.25) is 0 Å². The van der Waals surface area contributed by atoms with Gasteiger partial charge in [-0.2, -0.15) is 5.10 Å². The predicted octanol–water partition coefficient (Wildman–Crippen LogP) is 1.86. The zero-order chi connectivity index (χ0) is 14.8. The van der Waals surface area contributed by atoms with Crippen LogP contribution in [0, 0.1) is 0 Å². The standard InChI is InChI=1S/C14H14N4O2S/c19-13(20)12-10-6-7-18(8-11(10)16-17-12)14(21)15-9-4-2-1-3-5-9/h1-5H,6-8H2,(H,15,21)(H,16,17)(H,19,20). The highest BCUT2D eigenvalue weighted by Gasteiger charge is 2.25. The minimum Gasteiger partial charge on any atom is -0.476 e. The Morgan fingerprint density at radius 3 is 2.86 bits per heavy atom. The van der Waals surface area contributed by atoms with Crippen LogP contribution in [0.25, 0.3) is 0 Å². The van der Waals surface area contributed by atoms with E-state index in [4.69, 9.17) is 17.3 Å². The van der Waals surface area contributed by atoms with Gasteiger partial charge in [-0.15, -0.1) is 0 Å². The number of hydrogen-bond acceptors (Lipinski definition) is 3. The number of fused-ring (bicyclic) bond motifs is 1. The molecule has 7 heteroatoms. The maximum atomic E-state index is 11.1. The van der Waals surface area contributed by atoms with Gasteiger partial charge in [0, 0.05) is 17.8 Å². The van der Waals surface area contributed by atoms with E-state index in [0.717, 1.165) is 16.9 Å². The van der Waals surface area contributed by atoms with E-state index >= 15 is 0 Å². The number of carboxylic acids is 1. The van der Waals surface area contributed by atoms with Crippen molar-refractivity contribution in [2.75, 3.05) is 11.9 Å². The van der Waals surface area contributed by atoms with Crippen LogP contribution in [0.3, 0.4) is 0 Å². The van der Waals surface area contributed by atoms with E-state index in [2.05, 4.69) is 15.5 Å². The van der Waals surface area contributed by atoms with Crippen molar-refractivity contribution in [2.45, 2.75) is 13.0 Å². The largest absolute Gasteiger partial charge is 0.476 e. The van der Waals surface area contributed by atoms with E-state index in [-0.39, 0.29) is 5.69 Å². The topological polar surface area (TPSA) is 81.2 Å². The van der Waals surface area contributed by atoms with Crippen LogP contribution in [0.4, 0.5) is 5.69 Å². The van der Waals surface area contributed by atoms with Crippen molar-refractivity contribution in [1.82, 2.24) is 15.1 Å². The fourth-order valence-corrected chi connectivity index (χ4v) is 2.67. The highest BCUT2D eigenvalue weighted by atomic mass is 32.1. The Balaban J connectivity index is 1.71. The van der Waals surface area contributed by atoms with Crippen molar-refractivity contribution in [3.05, 3.63) is 47.3 Å². The van der Waals surface area contributed by atoms with Crippen LogP contribution in [-0.4, -0.2) is 37.8 Å². The lowest BCUT2D eigenvalue weighted by molar-refractivity contribution is 0.0689. The van der Waals surface area contributed by atoms with Crippen molar-refractivity contribution >= 4 is 29.0 Å². The summed E-state index contributed by atoms with van der Waals surface area (Å²) in [5.74, 6) is -0.995. The fraction of sp³-hybridized carbons (Fsp3) is 0.214. The van der Waals surface area contributed by atoms with E-state index in [1.165, 1.54) is 0 Å². The first-order chi connectivity index (χ1) is 10.1. The van der Waals surface area contributed by atoms with Gasteiger partial charge in [-0.1, -0.05) is 18.2 Å². The first-order valence-electron chi connectivity index (χ1n) is 6.55. The van der Waals surface area contributed by atoms with E-state index in [1.54, 1.807) is 0 Å². The van der Waals surface area contributed by atoms with Gasteiger partial charge >= 0.3 is 5.97 Å². The van der Waals surface area contributed by atoms with Crippen molar-refractivity contribution < 1.29 is 9.90 Å². The van der Waals surface area contributed by atoms with Crippen LogP contribution >= 0.6 is 12.2 Å². The monoisotopic (exact) mass is 302 g/mol. The maximum Gasteiger partial charge on any atom is 0.356 e. The highest BCUT2D eigenvalue weighted by Crippen LogP contribution is 2.21. The molecule has 1 aliphatic rings. The van der Waals surface area contributed by atoms with Crippen LogP contribution in [0.15, 0.2) is 30.3 Å². The molecule has 108 valence electrons. The first kappa shape index (κ1) is 13.6. The average molecular weight is 302 g/mol. The molecular weight excluding hydrogens is 288 g/mol. The summed E-state index contributed by atoms with van der Waals surface area (Å²) < 4.78 is 0. The van der Waals surface area contributed by atoms with Gasteiger partial charge in [-0.25, -0.2) is 4.79 Å². The molecule has 0 atom stereocenters. The summed E-state index contributed by atoms with van der Waals surface area (Å²) in [6.45, 7) is 1.21. The fourth-order valence-electron chi connectivity index (χ4n) is 2.39. The van der Waals surface area contributed by atoms with Crippen LogP contribution in [0.1, 0.15) is 21.7 Å². The Morgan fingerprint density at radius 1 is 1.38 bits per heavy atom. The second kappa shape index (κ2) is 5.53. The third kappa shape index (κ3) is 2.73. The molecule has 1 aliphatic heterocycles. The Labute approximate surface area is 126 Å². The third-order valence-electron chi connectivity index (χ3n) is 3.45. The minimum atomic E-state index is -0.995. The number of H-pyrrole nitrogens is 1. The minimum absolute atomic E-state index is 0.117. The Bertz CT molecular complexity index is 684. The molecule has 3 rings (SSSR count). The van der Waals surface area contributed by atoms with Crippen LogP contribution in [0.5, 0.6) is 0 Å². The number of aromatic nitrogens is 2. The van der Waals surface area contributed by atoms with E-state index < -0.39 is 5.97 Å². The number of carbonyl (C=O) groups is 1. The van der Waals surface area contributed by atoms with Crippen molar-refractivity contribution in [3.8, 4) is 0 Å². The summed E-state index contributed by atoms with van der Waals surface area (Å²) in [4.78, 5) is 13.1. The SMILES string of the molecule is O=C(O)c1n[nH]c2c1CCN(C(=S)Nc1ccccc1)C2. The Hall–Kier alpha value is -2.41. The first-order valence-corrected chi connectivity index (χ1v) is 6.96. The molecule has 6 nitrogen and oxygen atoms in total. The zero-order valence-electron chi connectivity index (χ0n) is 11.2. The number of nitrogens with one attached hydrogen (secondary N) is 2. The molecule has 0 aliphatic carbocycles. The number of para-hydroxylation sites is 1. The highest BCUT2D eigenvalue weighted by molar-refractivity contribution is 7.80. The molecule has 0 bridgehead atoms. The number of nitrogens with zero attached hydrogens (tertiary/aromatic N) is 2. The number of benzene rings is 1. The van der Waals surface area contributed by atoms with Crippen LogP contribution < -0.4 is 5.32 Å². The van der Waals surface area contributed by atoms with E-state index in [0.29, 0.717) is 24.6 Å². The molecule has 21 heavy (non-hydrogen) atoms. The molecule has 0 amide bonds. The van der Waals surface area contributed by atoms with Crippen molar-refractivity contribution in [3.63, 3.8) is 0 Å². The third-order valence-corrected chi connectivity index (χ3v) is 3.81. The molecule has 0 radical (unpaired) electrons. The molecule has 1 aromatic heterocycles. The van der Waals surface area contributed by atoms with E-state index in [1.807, 2.05) is 35.2 Å². The summed E-state index contributed by atoms with van der Waals surface area (Å²) in [5.41, 5.74) is 2.65. The number of anilines is 1. The summed E-state index contributed by atoms with van der Waals surface area (Å²) in [7, 11) is 0. The quantitative estimate of drug-likeness (QED) is 0.735. The van der Waals surface area contributed by atoms with Gasteiger partial charge in [-0.05, 0) is 30.8 Å². The molecule has 1 aromatic carbocycles. The molecule has 0 saturated carbocycles. The molecule has 0 spiro atoms.